The highest BCUT2D eigenvalue weighted by molar-refractivity contribution is 7.88. The van der Waals surface area contributed by atoms with Crippen molar-refractivity contribution < 1.29 is 8.42 Å². The van der Waals surface area contributed by atoms with Crippen LogP contribution in [0.4, 0.5) is 0 Å². The molecule has 3 rings (SSSR count). The Morgan fingerprint density at radius 3 is 2.46 bits per heavy atom. The zero-order valence-electron chi connectivity index (χ0n) is 14.7. The maximum Gasteiger partial charge on any atom is 0.209 e. The van der Waals surface area contributed by atoms with E-state index in [4.69, 9.17) is 23.2 Å². The number of hydrogen-bond acceptors (Lipinski definition) is 3. The van der Waals surface area contributed by atoms with E-state index in [1.165, 1.54) is 17.4 Å². The van der Waals surface area contributed by atoms with Crippen LogP contribution in [0.15, 0.2) is 36.4 Å². The Kier molecular flexibility index (Phi) is 5.94. The summed E-state index contributed by atoms with van der Waals surface area (Å²) in [5.74, 6) is 0.251. The molecule has 0 radical (unpaired) electrons. The Morgan fingerprint density at radius 2 is 1.81 bits per heavy atom. The summed E-state index contributed by atoms with van der Waals surface area (Å²) in [5.41, 5.74) is 4.56. The highest BCUT2D eigenvalue weighted by Crippen LogP contribution is 2.42. The summed E-state index contributed by atoms with van der Waals surface area (Å²) in [5, 5.41) is 4.49. The van der Waals surface area contributed by atoms with Gasteiger partial charge in [0, 0.05) is 18.5 Å². The molecule has 4 nitrogen and oxygen atoms in total. The van der Waals surface area contributed by atoms with Crippen molar-refractivity contribution in [3.05, 3.63) is 68.7 Å². The standard InChI is InChI=1S/C19H22Cl2N2O2S/c1-22-19-8-6-14(13-4-7-17(20)18(21)10-13)15-5-3-12(9-16(15)19)11-23-26(2,24)25/h3-5,7,9-10,14,19,22-23H,6,8,11H2,1-2H3. The fourth-order valence-corrected chi connectivity index (χ4v) is 4.32. The third kappa shape index (κ3) is 4.41. The smallest absolute Gasteiger partial charge is 0.209 e. The predicted octanol–water partition coefficient (Wildman–Crippen LogP) is 4.23. The molecule has 0 saturated carbocycles. The summed E-state index contributed by atoms with van der Waals surface area (Å²) < 4.78 is 25.3. The van der Waals surface area contributed by atoms with E-state index < -0.39 is 10.0 Å². The Balaban J connectivity index is 1.97. The molecular formula is C19H22Cl2N2O2S. The third-order valence-electron chi connectivity index (χ3n) is 4.88. The number of hydrogen-bond donors (Lipinski definition) is 2. The largest absolute Gasteiger partial charge is 0.313 e. The minimum atomic E-state index is -3.22. The van der Waals surface area contributed by atoms with Crippen molar-refractivity contribution in [1.82, 2.24) is 10.0 Å². The van der Waals surface area contributed by atoms with E-state index in [1.54, 1.807) is 0 Å². The Morgan fingerprint density at radius 1 is 1.04 bits per heavy atom. The van der Waals surface area contributed by atoms with E-state index in [9.17, 15) is 8.42 Å². The Hall–Kier alpha value is -1.11. The van der Waals surface area contributed by atoms with E-state index >= 15 is 0 Å². The van der Waals surface area contributed by atoms with Crippen LogP contribution in [0.5, 0.6) is 0 Å². The van der Waals surface area contributed by atoms with Gasteiger partial charge in [0.15, 0.2) is 0 Å². The van der Waals surface area contributed by atoms with Crippen LogP contribution in [0.2, 0.25) is 10.0 Å². The van der Waals surface area contributed by atoms with Crippen LogP contribution in [0, 0.1) is 0 Å². The molecule has 0 heterocycles. The van der Waals surface area contributed by atoms with Gasteiger partial charge in [-0.25, -0.2) is 13.1 Å². The third-order valence-corrected chi connectivity index (χ3v) is 6.29. The zero-order valence-corrected chi connectivity index (χ0v) is 17.0. The molecule has 2 unspecified atom stereocenters. The van der Waals surface area contributed by atoms with Crippen molar-refractivity contribution in [3.63, 3.8) is 0 Å². The van der Waals surface area contributed by atoms with Gasteiger partial charge in [-0.05, 0) is 54.3 Å². The molecule has 0 bridgehead atoms. The van der Waals surface area contributed by atoms with Crippen LogP contribution in [0.25, 0.3) is 0 Å². The maximum atomic E-state index is 11.4. The van der Waals surface area contributed by atoms with Crippen LogP contribution in [0.1, 0.15) is 47.1 Å². The van der Waals surface area contributed by atoms with Gasteiger partial charge in [-0.1, -0.05) is 47.5 Å². The van der Waals surface area contributed by atoms with Gasteiger partial charge in [0.05, 0.1) is 16.3 Å². The Bertz CT molecular complexity index is 916. The number of sulfonamides is 1. The lowest BCUT2D eigenvalue weighted by atomic mass is 9.76. The molecule has 1 aliphatic rings. The summed E-state index contributed by atoms with van der Waals surface area (Å²) in [6.45, 7) is 0.292. The number of rotatable bonds is 5. The fraction of sp³-hybridized carbons (Fsp3) is 0.368. The average Bonchev–Trinajstić information content (AvgIpc) is 2.60. The monoisotopic (exact) mass is 412 g/mol. The van der Waals surface area contributed by atoms with Crippen molar-refractivity contribution in [1.29, 1.82) is 0 Å². The minimum Gasteiger partial charge on any atom is -0.313 e. The lowest BCUT2D eigenvalue weighted by molar-refractivity contribution is 0.470. The first kappa shape index (κ1) is 19.6. The van der Waals surface area contributed by atoms with Gasteiger partial charge < -0.3 is 5.32 Å². The topological polar surface area (TPSA) is 58.2 Å². The van der Waals surface area contributed by atoms with E-state index in [0.29, 0.717) is 16.6 Å². The average molecular weight is 413 g/mol. The summed E-state index contributed by atoms with van der Waals surface area (Å²) in [6.07, 6.45) is 3.18. The van der Waals surface area contributed by atoms with E-state index in [-0.39, 0.29) is 12.0 Å². The maximum absolute atomic E-state index is 11.4. The van der Waals surface area contributed by atoms with Gasteiger partial charge in [0.25, 0.3) is 0 Å². The summed E-state index contributed by atoms with van der Waals surface area (Å²) >= 11 is 12.3. The molecule has 0 amide bonds. The molecule has 7 heteroatoms. The van der Waals surface area contributed by atoms with Gasteiger partial charge in [-0.15, -0.1) is 0 Å². The Labute approximate surface area is 165 Å². The van der Waals surface area contributed by atoms with E-state index in [2.05, 4.69) is 22.2 Å². The molecule has 0 saturated heterocycles. The molecule has 0 fully saturated rings. The van der Waals surface area contributed by atoms with Crippen LogP contribution in [-0.4, -0.2) is 21.7 Å². The van der Waals surface area contributed by atoms with Crippen molar-refractivity contribution in [2.24, 2.45) is 0 Å². The summed E-state index contributed by atoms with van der Waals surface area (Å²) in [6, 6.07) is 12.2. The van der Waals surface area contributed by atoms with Crippen LogP contribution >= 0.6 is 23.2 Å². The first-order valence-electron chi connectivity index (χ1n) is 8.48. The van der Waals surface area contributed by atoms with Gasteiger partial charge >= 0.3 is 0 Å². The zero-order chi connectivity index (χ0) is 18.9. The van der Waals surface area contributed by atoms with E-state index in [0.717, 1.165) is 24.0 Å². The second-order valence-electron chi connectivity index (χ2n) is 6.70. The second-order valence-corrected chi connectivity index (χ2v) is 9.35. The molecule has 2 atom stereocenters. The van der Waals surface area contributed by atoms with Gasteiger partial charge in [0.1, 0.15) is 0 Å². The lowest BCUT2D eigenvalue weighted by Crippen LogP contribution is -2.25. The minimum absolute atomic E-state index is 0.251. The number of halogens is 2. The van der Waals surface area contributed by atoms with Crippen LogP contribution < -0.4 is 10.0 Å². The molecule has 0 spiro atoms. The molecule has 0 aromatic heterocycles. The second kappa shape index (κ2) is 7.87. The van der Waals surface area contributed by atoms with Crippen LogP contribution in [0.3, 0.4) is 0 Å². The molecule has 2 aromatic rings. The van der Waals surface area contributed by atoms with Crippen molar-refractivity contribution in [2.45, 2.75) is 31.3 Å². The number of fused-ring (bicyclic) bond motifs is 1. The van der Waals surface area contributed by atoms with Gasteiger partial charge in [-0.3, -0.25) is 0 Å². The van der Waals surface area contributed by atoms with E-state index in [1.807, 2.05) is 31.3 Å². The predicted molar refractivity (Wildman–Crippen MR) is 107 cm³/mol. The normalized spacial score (nSPS) is 20.0. The molecule has 0 aliphatic heterocycles. The fourth-order valence-electron chi connectivity index (χ4n) is 3.59. The first-order chi connectivity index (χ1) is 12.3. The molecule has 140 valence electrons. The van der Waals surface area contributed by atoms with Crippen molar-refractivity contribution >= 4 is 33.2 Å². The highest BCUT2D eigenvalue weighted by atomic mass is 35.5. The number of benzene rings is 2. The van der Waals surface area contributed by atoms with Crippen molar-refractivity contribution in [3.8, 4) is 0 Å². The molecule has 2 aromatic carbocycles. The molecule has 1 aliphatic carbocycles. The number of nitrogens with one attached hydrogen (secondary N) is 2. The van der Waals surface area contributed by atoms with Crippen LogP contribution in [-0.2, 0) is 16.6 Å². The lowest BCUT2D eigenvalue weighted by Gasteiger charge is -2.32. The van der Waals surface area contributed by atoms with Gasteiger partial charge in [0.2, 0.25) is 10.0 Å². The molecular weight excluding hydrogens is 391 g/mol. The summed E-state index contributed by atoms with van der Waals surface area (Å²) in [7, 11) is -1.26. The molecule has 2 N–H and O–H groups in total. The molecule has 26 heavy (non-hydrogen) atoms. The highest BCUT2D eigenvalue weighted by Gasteiger charge is 2.28. The van der Waals surface area contributed by atoms with Gasteiger partial charge in [-0.2, -0.15) is 0 Å². The quantitative estimate of drug-likeness (QED) is 0.772. The summed E-state index contributed by atoms with van der Waals surface area (Å²) in [4.78, 5) is 0. The first-order valence-corrected chi connectivity index (χ1v) is 11.1. The van der Waals surface area contributed by atoms with Crippen molar-refractivity contribution in [2.75, 3.05) is 13.3 Å². The SMILES string of the molecule is CNC1CCC(c2ccc(Cl)c(Cl)c2)c2ccc(CNS(C)(=O)=O)cc21.